The number of nitrogens with zero attached hydrogens (tertiary/aromatic N) is 1. The first-order valence-corrected chi connectivity index (χ1v) is 5.38. The second kappa shape index (κ2) is 3.67. The lowest BCUT2D eigenvalue weighted by molar-refractivity contribution is 0.573. The molecule has 0 saturated carbocycles. The second-order valence-electron chi connectivity index (χ2n) is 5.02. The summed E-state index contributed by atoms with van der Waals surface area (Å²) in [6, 6.07) is 7.73. The number of hydrogen-bond donors (Lipinski definition) is 2. The van der Waals surface area contributed by atoms with E-state index in [2.05, 4.69) is 30.7 Å². The van der Waals surface area contributed by atoms with Gasteiger partial charge in [-0.05, 0) is 12.1 Å². The van der Waals surface area contributed by atoms with Gasteiger partial charge in [-0.25, -0.2) is 4.98 Å². The number of H-pyrrole nitrogens is 1. The van der Waals surface area contributed by atoms with Crippen molar-refractivity contribution in [1.82, 2.24) is 9.97 Å². The molecule has 3 nitrogen and oxygen atoms in total. The van der Waals surface area contributed by atoms with Gasteiger partial charge in [0.25, 0.3) is 0 Å². The third-order valence-electron chi connectivity index (χ3n) is 2.54. The highest BCUT2D eigenvalue weighted by Crippen LogP contribution is 2.24. The van der Waals surface area contributed by atoms with Crippen LogP contribution in [0.5, 0.6) is 0 Å². The third-order valence-corrected chi connectivity index (χ3v) is 2.54. The standard InChI is InChI=1S/C13H17N3/c1-13(2,3)11-8-15-12(16-11)9-5-4-6-10(14)7-9/h4-8H,14H2,1-3H3,(H,15,16). The Kier molecular flexibility index (Phi) is 2.46. The van der Waals surface area contributed by atoms with E-state index < -0.39 is 0 Å². The molecule has 0 aliphatic rings. The van der Waals surface area contributed by atoms with Gasteiger partial charge in [0.1, 0.15) is 5.82 Å². The van der Waals surface area contributed by atoms with Gasteiger partial charge in [-0.15, -0.1) is 0 Å². The van der Waals surface area contributed by atoms with E-state index in [0.29, 0.717) is 0 Å². The van der Waals surface area contributed by atoms with E-state index in [-0.39, 0.29) is 5.41 Å². The molecule has 0 aliphatic heterocycles. The van der Waals surface area contributed by atoms with E-state index in [9.17, 15) is 0 Å². The Morgan fingerprint density at radius 1 is 1.25 bits per heavy atom. The number of anilines is 1. The molecule has 0 aliphatic carbocycles. The van der Waals surface area contributed by atoms with Gasteiger partial charge in [0, 0.05) is 28.6 Å². The van der Waals surface area contributed by atoms with Crippen LogP contribution in [0.3, 0.4) is 0 Å². The summed E-state index contributed by atoms with van der Waals surface area (Å²) < 4.78 is 0. The van der Waals surface area contributed by atoms with Crippen molar-refractivity contribution in [2.24, 2.45) is 0 Å². The van der Waals surface area contributed by atoms with Crippen LogP contribution in [-0.4, -0.2) is 9.97 Å². The molecule has 84 valence electrons. The molecule has 3 N–H and O–H groups in total. The van der Waals surface area contributed by atoms with Crippen molar-refractivity contribution in [3.05, 3.63) is 36.2 Å². The van der Waals surface area contributed by atoms with Gasteiger partial charge in [-0.3, -0.25) is 0 Å². The third kappa shape index (κ3) is 2.08. The molecule has 16 heavy (non-hydrogen) atoms. The number of aromatic amines is 1. The fraction of sp³-hybridized carbons (Fsp3) is 0.308. The summed E-state index contributed by atoms with van der Waals surface area (Å²) in [5.41, 5.74) is 8.74. The summed E-state index contributed by atoms with van der Waals surface area (Å²) in [4.78, 5) is 7.71. The van der Waals surface area contributed by atoms with Crippen LogP contribution in [-0.2, 0) is 5.41 Å². The molecular formula is C13H17N3. The van der Waals surface area contributed by atoms with Gasteiger partial charge >= 0.3 is 0 Å². The van der Waals surface area contributed by atoms with Gasteiger partial charge < -0.3 is 10.7 Å². The van der Waals surface area contributed by atoms with Crippen LogP contribution < -0.4 is 5.73 Å². The Hall–Kier alpha value is -1.77. The second-order valence-corrected chi connectivity index (χ2v) is 5.02. The molecule has 0 bridgehead atoms. The lowest BCUT2D eigenvalue weighted by Crippen LogP contribution is -2.11. The van der Waals surface area contributed by atoms with Crippen molar-refractivity contribution in [1.29, 1.82) is 0 Å². The average molecular weight is 215 g/mol. The summed E-state index contributed by atoms with van der Waals surface area (Å²) in [6.07, 6.45) is 1.89. The van der Waals surface area contributed by atoms with Crippen molar-refractivity contribution in [3.8, 4) is 11.4 Å². The Bertz CT molecular complexity index is 492. The zero-order valence-electron chi connectivity index (χ0n) is 9.91. The van der Waals surface area contributed by atoms with E-state index in [4.69, 9.17) is 5.73 Å². The molecule has 0 saturated heterocycles. The zero-order valence-corrected chi connectivity index (χ0v) is 9.91. The maximum atomic E-state index is 5.75. The molecule has 3 heteroatoms. The molecule has 0 fully saturated rings. The minimum atomic E-state index is 0.0889. The minimum absolute atomic E-state index is 0.0889. The first-order valence-electron chi connectivity index (χ1n) is 5.38. The SMILES string of the molecule is CC(C)(C)c1cnc(-c2cccc(N)c2)[nH]1. The van der Waals surface area contributed by atoms with Gasteiger partial charge in [-0.1, -0.05) is 32.9 Å². The smallest absolute Gasteiger partial charge is 0.137 e. The van der Waals surface area contributed by atoms with Crippen LogP contribution in [0.25, 0.3) is 11.4 Å². The van der Waals surface area contributed by atoms with Crippen molar-refractivity contribution < 1.29 is 0 Å². The number of hydrogen-bond acceptors (Lipinski definition) is 2. The van der Waals surface area contributed by atoms with Gasteiger partial charge in [0.05, 0.1) is 0 Å². The van der Waals surface area contributed by atoms with Crippen LogP contribution in [0.15, 0.2) is 30.5 Å². The predicted octanol–water partition coefficient (Wildman–Crippen LogP) is 2.96. The van der Waals surface area contributed by atoms with E-state index in [1.54, 1.807) is 0 Å². The Morgan fingerprint density at radius 2 is 2.00 bits per heavy atom. The summed E-state index contributed by atoms with van der Waals surface area (Å²) in [5, 5.41) is 0. The summed E-state index contributed by atoms with van der Waals surface area (Å²) in [5.74, 6) is 0.872. The molecule has 0 atom stereocenters. The molecule has 1 aromatic heterocycles. The molecule has 1 aromatic carbocycles. The normalized spacial score (nSPS) is 11.7. The van der Waals surface area contributed by atoms with Crippen LogP contribution in [0.1, 0.15) is 26.5 Å². The number of imidazole rings is 1. The molecule has 1 heterocycles. The predicted molar refractivity (Wildman–Crippen MR) is 67.1 cm³/mol. The van der Waals surface area contributed by atoms with Crippen LogP contribution in [0.2, 0.25) is 0 Å². The highest BCUT2D eigenvalue weighted by molar-refractivity contribution is 5.61. The maximum Gasteiger partial charge on any atom is 0.137 e. The molecule has 0 unspecified atom stereocenters. The van der Waals surface area contributed by atoms with Gasteiger partial charge in [0.2, 0.25) is 0 Å². The number of aromatic nitrogens is 2. The summed E-state index contributed by atoms with van der Waals surface area (Å²) in [6.45, 7) is 6.47. The van der Waals surface area contributed by atoms with Crippen molar-refractivity contribution in [2.75, 3.05) is 5.73 Å². The number of nitrogen functional groups attached to an aromatic ring is 1. The Morgan fingerprint density at radius 3 is 2.56 bits per heavy atom. The lowest BCUT2D eigenvalue weighted by atomic mass is 9.93. The number of nitrogens with two attached hydrogens (primary N) is 1. The first-order chi connectivity index (χ1) is 7.47. The topological polar surface area (TPSA) is 54.7 Å². The molecule has 2 rings (SSSR count). The van der Waals surface area contributed by atoms with Crippen LogP contribution >= 0.6 is 0 Å². The van der Waals surface area contributed by atoms with Crippen LogP contribution in [0, 0.1) is 0 Å². The first kappa shape index (κ1) is 10.7. The molecule has 0 spiro atoms. The zero-order chi connectivity index (χ0) is 11.8. The molecule has 2 aromatic rings. The minimum Gasteiger partial charge on any atom is -0.399 e. The monoisotopic (exact) mass is 215 g/mol. The average Bonchev–Trinajstić information content (AvgIpc) is 2.65. The highest BCUT2D eigenvalue weighted by Gasteiger charge is 2.16. The van der Waals surface area contributed by atoms with E-state index in [0.717, 1.165) is 22.8 Å². The molecule has 0 amide bonds. The van der Waals surface area contributed by atoms with E-state index in [1.165, 1.54) is 0 Å². The number of nitrogens with one attached hydrogen (secondary N) is 1. The van der Waals surface area contributed by atoms with Gasteiger partial charge in [0.15, 0.2) is 0 Å². The van der Waals surface area contributed by atoms with Crippen LogP contribution in [0.4, 0.5) is 5.69 Å². The van der Waals surface area contributed by atoms with E-state index in [1.807, 2.05) is 30.5 Å². The number of rotatable bonds is 1. The fourth-order valence-corrected chi connectivity index (χ4v) is 1.54. The van der Waals surface area contributed by atoms with Gasteiger partial charge in [-0.2, -0.15) is 0 Å². The Balaban J connectivity index is 2.39. The van der Waals surface area contributed by atoms with Crippen molar-refractivity contribution >= 4 is 5.69 Å². The summed E-state index contributed by atoms with van der Waals surface area (Å²) >= 11 is 0. The maximum absolute atomic E-state index is 5.75. The summed E-state index contributed by atoms with van der Waals surface area (Å²) in [7, 11) is 0. The highest BCUT2D eigenvalue weighted by atomic mass is 14.9. The van der Waals surface area contributed by atoms with E-state index >= 15 is 0 Å². The quantitative estimate of drug-likeness (QED) is 0.718. The van der Waals surface area contributed by atoms with Crippen molar-refractivity contribution in [2.45, 2.75) is 26.2 Å². The molecular weight excluding hydrogens is 198 g/mol. The largest absolute Gasteiger partial charge is 0.399 e. The number of benzene rings is 1. The van der Waals surface area contributed by atoms with Crippen molar-refractivity contribution in [3.63, 3.8) is 0 Å². The fourth-order valence-electron chi connectivity index (χ4n) is 1.54. The Labute approximate surface area is 95.7 Å². The molecule has 0 radical (unpaired) electrons. The lowest BCUT2D eigenvalue weighted by Gasteiger charge is -2.15.